The van der Waals surface area contributed by atoms with Gasteiger partial charge >= 0.3 is 0 Å². The number of hydrogen-bond donors (Lipinski definition) is 1. The molecule has 0 radical (unpaired) electrons. The van der Waals surface area contributed by atoms with Crippen LogP contribution >= 0.6 is 0 Å². The summed E-state index contributed by atoms with van der Waals surface area (Å²) in [6, 6.07) is 1.40. The zero-order valence-electron chi connectivity index (χ0n) is 10.7. The highest BCUT2D eigenvalue weighted by Crippen LogP contribution is 2.21. The van der Waals surface area contributed by atoms with Crippen LogP contribution in [0.15, 0.2) is 0 Å². The van der Waals surface area contributed by atoms with Crippen molar-refractivity contribution >= 4 is 0 Å². The number of ether oxygens (including phenoxy) is 1. The summed E-state index contributed by atoms with van der Waals surface area (Å²) in [6.07, 6.45) is 5.49. The molecule has 1 N–H and O–H groups in total. The first-order valence-corrected chi connectivity index (χ1v) is 6.90. The van der Waals surface area contributed by atoms with E-state index in [1.807, 2.05) is 0 Å². The van der Waals surface area contributed by atoms with Gasteiger partial charge in [0.15, 0.2) is 0 Å². The van der Waals surface area contributed by atoms with Crippen LogP contribution in [-0.2, 0) is 4.74 Å². The minimum Gasteiger partial charge on any atom is -0.377 e. The molecule has 2 heterocycles. The van der Waals surface area contributed by atoms with Gasteiger partial charge in [0.05, 0.1) is 6.10 Å². The third kappa shape index (κ3) is 2.96. The Morgan fingerprint density at radius 1 is 1.31 bits per heavy atom. The van der Waals surface area contributed by atoms with Crippen molar-refractivity contribution in [2.75, 3.05) is 26.2 Å². The van der Waals surface area contributed by atoms with Crippen molar-refractivity contribution in [2.24, 2.45) is 0 Å². The quantitative estimate of drug-likeness (QED) is 0.774. The molecule has 3 atom stereocenters. The van der Waals surface area contributed by atoms with Gasteiger partial charge in [-0.2, -0.15) is 0 Å². The van der Waals surface area contributed by atoms with E-state index in [1.54, 1.807) is 0 Å². The zero-order valence-corrected chi connectivity index (χ0v) is 10.7. The lowest BCUT2D eigenvalue weighted by Crippen LogP contribution is -2.46. The largest absolute Gasteiger partial charge is 0.377 e. The number of nitrogens with one attached hydrogen (secondary N) is 1. The Morgan fingerprint density at radius 3 is 2.88 bits per heavy atom. The van der Waals surface area contributed by atoms with E-state index in [4.69, 9.17) is 4.74 Å². The number of rotatable bonds is 2. The van der Waals surface area contributed by atoms with E-state index in [2.05, 4.69) is 24.1 Å². The molecule has 0 amide bonds. The molecule has 0 aromatic carbocycles. The van der Waals surface area contributed by atoms with Gasteiger partial charge in [-0.25, -0.2) is 0 Å². The van der Waals surface area contributed by atoms with Crippen molar-refractivity contribution < 1.29 is 4.74 Å². The van der Waals surface area contributed by atoms with Gasteiger partial charge in [-0.05, 0) is 45.7 Å². The molecule has 0 bridgehead atoms. The predicted molar refractivity (Wildman–Crippen MR) is 66.7 cm³/mol. The van der Waals surface area contributed by atoms with E-state index in [-0.39, 0.29) is 0 Å². The molecule has 2 aliphatic rings. The van der Waals surface area contributed by atoms with E-state index >= 15 is 0 Å². The lowest BCUT2D eigenvalue weighted by atomic mass is 10.0. The highest BCUT2D eigenvalue weighted by molar-refractivity contribution is 4.84. The van der Waals surface area contributed by atoms with Gasteiger partial charge in [-0.15, -0.1) is 0 Å². The number of hydrogen-bond acceptors (Lipinski definition) is 3. The Kier molecular flexibility index (Phi) is 4.62. The summed E-state index contributed by atoms with van der Waals surface area (Å²) in [6.45, 7) is 9.12. The van der Waals surface area contributed by atoms with Gasteiger partial charge < -0.3 is 10.1 Å². The Morgan fingerprint density at radius 2 is 2.19 bits per heavy atom. The van der Waals surface area contributed by atoms with E-state index in [1.165, 1.54) is 45.3 Å². The minimum atomic E-state index is 0.437. The fraction of sp³-hybridized carbons (Fsp3) is 1.00. The van der Waals surface area contributed by atoms with Crippen molar-refractivity contribution in [3.63, 3.8) is 0 Å². The van der Waals surface area contributed by atoms with Crippen LogP contribution in [0.4, 0.5) is 0 Å². The van der Waals surface area contributed by atoms with Crippen LogP contribution in [-0.4, -0.2) is 49.3 Å². The molecular formula is C13H26N2O. The third-order valence-corrected chi connectivity index (χ3v) is 4.12. The molecular weight excluding hydrogens is 200 g/mol. The third-order valence-electron chi connectivity index (χ3n) is 4.12. The van der Waals surface area contributed by atoms with Crippen LogP contribution in [0.2, 0.25) is 0 Å². The molecule has 3 heteroatoms. The summed E-state index contributed by atoms with van der Waals surface area (Å²) in [7, 11) is 0. The van der Waals surface area contributed by atoms with Gasteiger partial charge in [0.25, 0.3) is 0 Å². The Hall–Kier alpha value is -0.120. The molecule has 3 unspecified atom stereocenters. The molecule has 94 valence electrons. The highest BCUT2D eigenvalue weighted by atomic mass is 16.5. The van der Waals surface area contributed by atoms with E-state index in [9.17, 15) is 0 Å². The van der Waals surface area contributed by atoms with Gasteiger partial charge in [0.1, 0.15) is 0 Å². The summed E-state index contributed by atoms with van der Waals surface area (Å²) < 4.78 is 5.69. The molecule has 0 aromatic rings. The standard InChI is InChI=1S/C13H26N2O/c1-3-12-5-9-15(8-4-7-14-12)13-6-10-16-11(13)2/h11-14H,3-10H2,1-2H3. The maximum atomic E-state index is 5.69. The Balaban J connectivity index is 1.88. The van der Waals surface area contributed by atoms with Crippen molar-refractivity contribution in [2.45, 2.75) is 57.7 Å². The molecule has 0 aliphatic carbocycles. The van der Waals surface area contributed by atoms with Crippen LogP contribution in [0.25, 0.3) is 0 Å². The maximum absolute atomic E-state index is 5.69. The van der Waals surface area contributed by atoms with E-state index in [0.29, 0.717) is 12.1 Å². The summed E-state index contributed by atoms with van der Waals surface area (Å²) in [5, 5.41) is 3.64. The van der Waals surface area contributed by atoms with Crippen LogP contribution < -0.4 is 5.32 Å². The number of nitrogens with zero attached hydrogens (tertiary/aromatic N) is 1. The van der Waals surface area contributed by atoms with Crippen molar-refractivity contribution in [3.05, 3.63) is 0 Å². The van der Waals surface area contributed by atoms with Gasteiger partial charge in [0, 0.05) is 25.2 Å². The fourth-order valence-corrected chi connectivity index (χ4v) is 3.00. The van der Waals surface area contributed by atoms with Crippen LogP contribution in [0.5, 0.6) is 0 Å². The molecule has 0 spiro atoms. The van der Waals surface area contributed by atoms with Gasteiger partial charge in [-0.1, -0.05) is 6.92 Å². The highest BCUT2D eigenvalue weighted by Gasteiger charge is 2.30. The second-order valence-corrected chi connectivity index (χ2v) is 5.17. The van der Waals surface area contributed by atoms with Crippen LogP contribution in [0, 0.1) is 0 Å². The molecule has 2 rings (SSSR count). The molecule has 2 fully saturated rings. The van der Waals surface area contributed by atoms with Crippen LogP contribution in [0.1, 0.15) is 39.5 Å². The first kappa shape index (κ1) is 12.3. The van der Waals surface area contributed by atoms with Crippen molar-refractivity contribution in [1.82, 2.24) is 10.2 Å². The SMILES string of the molecule is CCC1CCN(C2CCOC2C)CCCN1. The molecule has 3 nitrogen and oxygen atoms in total. The second kappa shape index (κ2) is 5.99. The summed E-state index contributed by atoms with van der Waals surface area (Å²) >= 11 is 0. The average Bonchev–Trinajstić information content (AvgIpc) is 2.65. The first-order valence-electron chi connectivity index (χ1n) is 6.90. The van der Waals surface area contributed by atoms with Crippen molar-refractivity contribution in [1.29, 1.82) is 0 Å². The zero-order chi connectivity index (χ0) is 11.4. The normalized spacial score (nSPS) is 38.2. The second-order valence-electron chi connectivity index (χ2n) is 5.17. The van der Waals surface area contributed by atoms with Gasteiger partial charge in [-0.3, -0.25) is 4.90 Å². The van der Waals surface area contributed by atoms with Crippen LogP contribution in [0.3, 0.4) is 0 Å². The monoisotopic (exact) mass is 226 g/mol. The van der Waals surface area contributed by atoms with E-state index < -0.39 is 0 Å². The predicted octanol–water partition coefficient (Wildman–Crippen LogP) is 1.63. The minimum absolute atomic E-state index is 0.437. The molecule has 0 aromatic heterocycles. The van der Waals surface area contributed by atoms with E-state index in [0.717, 1.165) is 12.6 Å². The molecule has 2 aliphatic heterocycles. The Bertz CT molecular complexity index is 210. The smallest absolute Gasteiger partial charge is 0.0703 e. The van der Waals surface area contributed by atoms with Gasteiger partial charge in [0.2, 0.25) is 0 Å². The van der Waals surface area contributed by atoms with Crippen molar-refractivity contribution in [3.8, 4) is 0 Å². The fourth-order valence-electron chi connectivity index (χ4n) is 3.00. The summed E-state index contributed by atoms with van der Waals surface area (Å²) in [5.41, 5.74) is 0. The molecule has 2 saturated heterocycles. The maximum Gasteiger partial charge on any atom is 0.0703 e. The Labute approximate surface area is 99.5 Å². The summed E-state index contributed by atoms with van der Waals surface area (Å²) in [5.74, 6) is 0. The first-order chi connectivity index (χ1) is 7.81. The molecule has 16 heavy (non-hydrogen) atoms. The summed E-state index contributed by atoms with van der Waals surface area (Å²) in [4.78, 5) is 2.67. The lowest BCUT2D eigenvalue weighted by Gasteiger charge is -2.34. The topological polar surface area (TPSA) is 24.5 Å². The average molecular weight is 226 g/mol. The lowest BCUT2D eigenvalue weighted by molar-refractivity contribution is 0.0689. The molecule has 0 saturated carbocycles.